The number of thiophene rings is 1. The van der Waals surface area contributed by atoms with Crippen LogP contribution in [0.25, 0.3) is 11.3 Å². The Morgan fingerprint density at radius 3 is 2.50 bits per heavy atom. The summed E-state index contributed by atoms with van der Waals surface area (Å²) in [5.74, 6) is -0.148. The normalized spacial score (nSPS) is 14.3. The largest absolute Gasteiger partial charge is 0.489 e. The van der Waals surface area contributed by atoms with Crippen molar-refractivity contribution < 1.29 is 19.4 Å². The van der Waals surface area contributed by atoms with Crippen molar-refractivity contribution in [2.45, 2.75) is 18.8 Å². The summed E-state index contributed by atoms with van der Waals surface area (Å²) in [6.45, 7) is 0.966. The molecule has 0 radical (unpaired) electrons. The predicted octanol–water partition coefficient (Wildman–Crippen LogP) is 4.72. The van der Waals surface area contributed by atoms with Crippen LogP contribution in [0.3, 0.4) is 0 Å². The Balaban J connectivity index is 1.46. The number of ether oxygens (including phenoxy) is 1. The fraction of sp³-hybridized carbons (Fsp3) is 0.300. The smallest absolute Gasteiger partial charge is 0.366 e. The number of methoxy groups -OCH3 is 1. The topological polar surface area (TPSA) is 129 Å². The number of amides is 1. The molecule has 1 amide bonds. The molecule has 10 nitrogen and oxygen atoms in total. The van der Waals surface area contributed by atoms with Crippen molar-refractivity contribution in [3.63, 3.8) is 0 Å². The molecule has 1 aromatic carbocycles. The monoisotopic (exact) mass is 474 g/mol. The fourth-order valence-corrected chi connectivity index (χ4v) is 5.57. The quantitative estimate of drug-likeness (QED) is 0.373. The van der Waals surface area contributed by atoms with E-state index in [0.29, 0.717) is 37.2 Å². The van der Waals surface area contributed by atoms with E-state index >= 15 is 0 Å². The van der Waals surface area contributed by atoms with Gasteiger partial charge in [-0.05, 0) is 18.9 Å². The number of para-hydroxylation sites is 1. The number of thiazole rings is 1. The van der Waals surface area contributed by atoms with Gasteiger partial charge in [0.05, 0.1) is 38.8 Å². The third-order valence-corrected chi connectivity index (χ3v) is 7.28. The Kier molecular flexibility index (Phi) is 6.15. The predicted molar refractivity (Wildman–Crippen MR) is 120 cm³/mol. The van der Waals surface area contributed by atoms with E-state index < -0.39 is 9.85 Å². The molecule has 12 heteroatoms. The van der Waals surface area contributed by atoms with E-state index in [1.165, 1.54) is 29.9 Å². The van der Waals surface area contributed by atoms with Crippen molar-refractivity contribution in [2.75, 3.05) is 20.2 Å². The van der Waals surface area contributed by atoms with Crippen molar-refractivity contribution in [2.24, 2.45) is 0 Å². The third-order valence-electron chi connectivity index (χ3n) is 5.36. The minimum absolute atomic E-state index is 0.00106. The first kappa shape index (κ1) is 21.8. The number of carbonyl (C=O) groups is 1. The van der Waals surface area contributed by atoms with Gasteiger partial charge in [-0.2, -0.15) is 0 Å². The van der Waals surface area contributed by atoms with Crippen molar-refractivity contribution in [3.8, 4) is 17.0 Å². The summed E-state index contributed by atoms with van der Waals surface area (Å²) in [6, 6.07) is 6.51. The van der Waals surface area contributed by atoms with Gasteiger partial charge in [0.2, 0.25) is 5.75 Å². The van der Waals surface area contributed by atoms with E-state index in [9.17, 15) is 25.0 Å². The molecule has 3 heterocycles. The lowest BCUT2D eigenvalue weighted by Crippen LogP contribution is -2.37. The summed E-state index contributed by atoms with van der Waals surface area (Å²) < 4.78 is 5.12. The average molecular weight is 475 g/mol. The first-order valence-electron chi connectivity index (χ1n) is 9.69. The zero-order chi connectivity index (χ0) is 22.8. The molecule has 0 bridgehead atoms. The van der Waals surface area contributed by atoms with Crippen LogP contribution in [0.4, 0.5) is 10.7 Å². The van der Waals surface area contributed by atoms with Gasteiger partial charge >= 0.3 is 5.00 Å². The van der Waals surface area contributed by atoms with Crippen molar-refractivity contribution in [1.82, 2.24) is 9.88 Å². The van der Waals surface area contributed by atoms with E-state index in [2.05, 4.69) is 4.98 Å². The minimum Gasteiger partial charge on any atom is -0.489 e. The highest BCUT2D eigenvalue weighted by molar-refractivity contribution is 7.14. The van der Waals surface area contributed by atoms with Crippen LogP contribution in [-0.4, -0.2) is 45.8 Å². The minimum atomic E-state index is -0.552. The van der Waals surface area contributed by atoms with Crippen LogP contribution in [0.15, 0.2) is 35.0 Å². The number of likely N-dealkylation sites (tertiary alicyclic amines) is 1. The molecular formula is C20H18N4O6S2. The van der Waals surface area contributed by atoms with E-state index in [1.807, 2.05) is 5.38 Å². The number of hydrogen-bond acceptors (Lipinski definition) is 9. The fourth-order valence-electron chi connectivity index (χ4n) is 3.76. The number of piperidine rings is 1. The zero-order valence-corrected chi connectivity index (χ0v) is 18.6. The second kappa shape index (κ2) is 9.01. The molecule has 1 aliphatic heterocycles. The summed E-state index contributed by atoms with van der Waals surface area (Å²) in [5.41, 5.74) is 1.28. The van der Waals surface area contributed by atoms with Crippen molar-refractivity contribution in [3.05, 3.63) is 65.8 Å². The van der Waals surface area contributed by atoms with Crippen LogP contribution < -0.4 is 4.74 Å². The van der Waals surface area contributed by atoms with Gasteiger partial charge in [0.25, 0.3) is 11.6 Å². The number of nitro groups is 2. The molecule has 0 spiro atoms. The molecule has 32 heavy (non-hydrogen) atoms. The van der Waals surface area contributed by atoms with Gasteiger partial charge < -0.3 is 9.64 Å². The maximum atomic E-state index is 12.9. The van der Waals surface area contributed by atoms with Crippen molar-refractivity contribution >= 4 is 39.3 Å². The highest BCUT2D eigenvalue weighted by atomic mass is 32.1. The van der Waals surface area contributed by atoms with Gasteiger partial charge in [0, 0.05) is 35.8 Å². The standard InChI is InChI=1S/C20H18N4O6S2/c1-30-17-14(10-32-20(17)24(28)29)19(25)22-8-6-12(7-9-22)18-21-15(11-31-18)13-4-2-3-5-16(13)23(26)27/h2-5,10-12H,6-9H2,1H3. The molecule has 0 saturated carbocycles. The van der Waals surface area contributed by atoms with E-state index in [4.69, 9.17) is 4.74 Å². The van der Waals surface area contributed by atoms with Crippen LogP contribution in [0.5, 0.6) is 5.75 Å². The average Bonchev–Trinajstić information content (AvgIpc) is 3.46. The molecule has 4 rings (SSSR count). The number of carbonyl (C=O) groups excluding carboxylic acids is 1. The Morgan fingerprint density at radius 2 is 1.84 bits per heavy atom. The summed E-state index contributed by atoms with van der Waals surface area (Å²) >= 11 is 2.33. The van der Waals surface area contributed by atoms with E-state index in [0.717, 1.165) is 16.3 Å². The van der Waals surface area contributed by atoms with Gasteiger partial charge in [0.15, 0.2) is 0 Å². The molecule has 2 aromatic heterocycles. The van der Waals surface area contributed by atoms with E-state index in [1.54, 1.807) is 23.1 Å². The van der Waals surface area contributed by atoms with Crippen molar-refractivity contribution in [1.29, 1.82) is 0 Å². The van der Waals surface area contributed by atoms with Gasteiger partial charge in [-0.15, -0.1) is 11.3 Å². The van der Waals surface area contributed by atoms with Crippen LogP contribution in [0.2, 0.25) is 0 Å². The molecule has 1 fully saturated rings. The molecule has 0 aliphatic carbocycles. The molecule has 166 valence electrons. The lowest BCUT2D eigenvalue weighted by Gasteiger charge is -2.31. The Hall–Kier alpha value is -3.38. The summed E-state index contributed by atoms with van der Waals surface area (Å²) in [4.78, 5) is 40.7. The molecule has 0 N–H and O–H groups in total. The van der Waals surface area contributed by atoms with E-state index in [-0.39, 0.29) is 33.8 Å². The first-order valence-corrected chi connectivity index (χ1v) is 11.4. The molecule has 0 unspecified atom stereocenters. The van der Waals surface area contributed by atoms with Crippen LogP contribution in [0.1, 0.15) is 34.1 Å². The summed E-state index contributed by atoms with van der Waals surface area (Å²) in [5, 5.41) is 26.4. The molecular weight excluding hydrogens is 456 g/mol. The lowest BCUT2D eigenvalue weighted by atomic mass is 9.97. The van der Waals surface area contributed by atoms with Gasteiger partial charge in [-0.3, -0.25) is 25.0 Å². The number of benzene rings is 1. The highest BCUT2D eigenvalue weighted by Crippen LogP contribution is 2.40. The number of aromatic nitrogens is 1. The van der Waals surface area contributed by atoms with Crippen LogP contribution in [0, 0.1) is 20.2 Å². The zero-order valence-electron chi connectivity index (χ0n) is 16.9. The van der Waals surface area contributed by atoms with Gasteiger partial charge in [-0.25, -0.2) is 4.98 Å². The molecule has 3 aromatic rings. The Bertz CT molecular complexity index is 1180. The van der Waals surface area contributed by atoms with Gasteiger partial charge in [-0.1, -0.05) is 23.5 Å². The number of nitro benzene ring substituents is 1. The third kappa shape index (κ3) is 4.06. The van der Waals surface area contributed by atoms with Crippen LogP contribution in [-0.2, 0) is 0 Å². The Labute approximate surface area is 190 Å². The lowest BCUT2D eigenvalue weighted by molar-refractivity contribution is -0.384. The SMILES string of the molecule is COc1c(C(=O)N2CCC(c3nc(-c4ccccc4[N+](=O)[O-])cs3)CC2)csc1[N+](=O)[O-]. The maximum Gasteiger partial charge on any atom is 0.366 e. The molecule has 1 saturated heterocycles. The molecule has 1 aliphatic rings. The number of rotatable bonds is 6. The van der Waals surface area contributed by atoms with Gasteiger partial charge in [0.1, 0.15) is 0 Å². The summed E-state index contributed by atoms with van der Waals surface area (Å²) in [6.07, 6.45) is 1.37. The second-order valence-corrected chi connectivity index (χ2v) is 8.90. The second-order valence-electron chi connectivity index (χ2n) is 7.16. The number of hydrogen-bond donors (Lipinski definition) is 0. The highest BCUT2D eigenvalue weighted by Gasteiger charge is 2.32. The maximum absolute atomic E-state index is 12.9. The first-order chi connectivity index (χ1) is 15.4. The Morgan fingerprint density at radius 1 is 1.12 bits per heavy atom. The molecule has 0 atom stereocenters. The van der Waals surface area contributed by atoms with Crippen LogP contribution >= 0.6 is 22.7 Å². The number of nitrogens with zero attached hydrogens (tertiary/aromatic N) is 4. The summed E-state index contributed by atoms with van der Waals surface area (Å²) in [7, 11) is 1.31.